The highest BCUT2D eigenvalue weighted by Crippen LogP contribution is 2.30. The number of carbonyl (C=O) groups is 1. The van der Waals surface area contributed by atoms with Gasteiger partial charge in [-0.1, -0.05) is 0 Å². The molecule has 0 amide bonds. The molecule has 0 saturated heterocycles. The molecule has 25 heavy (non-hydrogen) atoms. The lowest BCUT2D eigenvalue weighted by molar-refractivity contribution is -0.384. The van der Waals surface area contributed by atoms with Crippen LogP contribution in [-0.2, 0) is 0 Å². The number of non-ortho nitro benzene ring substituents is 1. The number of hydrogen-bond donors (Lipinski definition) is 1. The van der Waals surface area contributed by atoms with E-state index < -0.39 is 16.3 Å². The van der Waals surface area contributed by atoms with Crippen LogP contribution in [0.15, 0.2) is 45.6 Å². The SMILES string of the molecule is Cc1cc2cc(C(=O)c3ccc([N+](=O)[O-])cc3)c(=O)oc2c(C)c1O. The fraction of sp³-hybridized carbons (Fsp3) is 0.111. The Kier molecular flexibility index (Phi) is 3.84. The lowest BCUT2D eigenvalue weighted by Crippen LogP contribution is -2.15. The van der Waals surface area contributed by atoms with Gasteiger partial charge in [0.2, 0.25) is 0 Å². The Balaban J connectivity index is 2.13. The fourth-order valence-electron chi connectivity index (χ4n) is 2.64. The maximum absolute atomic E-state index is 12.5. The molecule has 7 nitrogen and oxygen atoms in total. The zero-order chi connectivity index (χ0) is 18.3. The molecular formula is C18H13NO6. The van der Waals surface area contributed by atoms with E-state index in [-0.39, 0.29) is 28.1 Å². The summed E-state index contributed by atoms with van der Waals surface area (Å²) in [6, 6.07) is 8.00. The van der Waals surface area contributed by atoms with Gasteiger partial charge in [0.25, 0.3) is 5.69 Å². The molecular weight excluding hydrogens is 326 g/mol. The van der Waals surface area contributed by atoms with Gasteiger partial charge in [0.15, 0.2) is 5.78 Å². The van der Waals surface area contributed by atoms with E-state index in [1.54, 1.807) is 19.9 Å². The molecule has 0 fully saturated rings. The Morgan fingerprint density at radius 3 is 2.40 bits per heavy atom. The number of benzene rings is 2. The summed E-state index contributed by atoms with van der Waals surface area (Å²) in [4.78, 5) is 34.9. The number of ketones is 1. The van der Waals surface area contributed by atoms with Crippen LogP contribution in [0.3, 0.4) is 0 Å². The second-order valence-electron chi connectivity index (χ2n) is 5.67. The van der Waals surface area contributed by atoms with Crippen molar-refractivity contribution in [1.82, 2.24) is 0 Å². The molecule has 3 aromatic rings. The van der Waals surface area contributed by atoms with E-state index in [0.29, 0.717) is 16.5 Å². The fourth-order valence-corrected chi connectivity index (χ4v) is 2.64. The van der Waals surface area contributed by atoms with E-state index in [1.165, 1.54) is 30.3 Å². The van der Waals surface area contributed by atoms with Crippen LogP contribution in [0.5, 0.6) is 5.75 Å². The molecule has 1 N–H and O–H groups in total. The molecule has 3 rings (SSSR count). The van der Waals surface area contributed by atoms with Gasteiger partial charge < -0.3 is 9.52 Å². The van der Waals surface area contributed by atoms with Gasteiger partial charge in [0, 0.05) is 28.6 Å². The first kappa shape index (κ1) is 16.4. The Morgan fingerprint density at radius 2 is 1.80 bits per heavy atom. The van der Waals surface area contributed by atoms with Crippen LogP contribution in [0, 0.1) is 24.0 Å². The van der Waals surface area contributed by atoms with Crippen molar-refractivity contribution in [3.8, 4) is 5.75 Å². The summed E-state index contributed by atoms with van der Waals surface area (Å²) in [5.41, 5.74) is 0.212. The van der Waals surface area contributed by atoms with E-state index >= 15 is 0 Å². The third kappa shape index (κ3) is 2.76. The van der Waals surface area contributed by atoms with Gasteiger partial charge >= 0.3 is 5.63 Å². The molecule has 0 aliphatic rings. The minimum absolute atomic E-state index is 0.0325. The molecule has 0 bridgehead atoms. The summed E-state index contributed by atoms with van der Waals surface area (Å²) in [6.07, 6.45) is 0. The number of phenols is 1. The van der Waals surface area contributed by atoms with Crippen LogP contribution < -0.4 is 5.63 Å². The van der Waals surface area contributed by atoms with Crippen molar-refractivity contribution in [2.75, 3.05) is 0 Å². The van der Waals surface area contributed by atoms with Crippen molar-refractivity contribution < 1.29 is 19.2 Å². The quantitative estimate of drug-likeness (QED) is 0.339. The van der Waals surface area contributed by atoms with Gasteiger partial charge in [0.1, 0.15) is 16.9 Å². The summed E-state index contributed by atoms with van der Waals surface area (Å²) in [5.74, 6) is -0.556. The van der Waals surface area contributed by atoms with Crippen LogP contribution in [-0.4, -0.2) is 15.8 Å². The van der Waals surface area contributed by atoms with E-state index in [1.807, 2.05) is 0 Å². The van der Waals surface area contributed by atoms with Crippen molar-refractivity contribution >= 4 is 22.4 Å². The maximum atomic E-state index is 12.5. The number of fused-ring (bicyclic) bond motifs is 1. The molecule has 7 heteroatoms. The van der Waals surface area contributed by atoms with Gasteiger partial charge in [0.05, 0.1) is 4.92 Å². The molecule has 2 aromatic carbocycles. The minimum atomic E-state index is -0.831. The first-order valence-corrected chi connectivity index (χ1v) is 7.35. The second kappa shape index (κ2) is 5.86. The van der Waals surface area contributed by atoms with E-state index in [9.17, 15) is 24.8 Å². The lowest BCUT2D eigenvalue weighted by atomic mass is 10.0. The van der Waals surface area contributed by atoms with Gasteiger partial charge in [-0.3, -0.25) is 14.9 Å². The predicted molar refractivity (Wildman–Crippen MR) is 90.2 cm³/mol. The number of nitro benzene ring substituents is 1. The number of phenolic OH excluding ortho intramolecular Hbond substituents is 1. The molecule has 1 aromatic heterocycles. The van der Waals surface area contributed by atoms with Crippen LogP contribution in [0.2, 0.25) is 0 Å². The highest BCUT2D eigenvalue weighted by Gasteiger charge is 2.19. The monoisotopic (exact) mass is 339 g/mol. The van der Waals surface area contributed by atoms with E-state index in [2.05, 4.69) is 0 Å². The summed E-state index contributed by atoms with van der Waals surface area (Å²) >= 11 is 0. The smallest absolute Gasteiger partial charge is 0.347 e. The van der Waals surface area contributed by atoms with Crippen molar-refractivity contribution in [2.24, 2.45) is 0 Å². The summed E-state index contributed by atoms with van der Waals surface area (Å²) in [6.45, 7) is 3.32. The Hall–Kier alpha value is -3.48. The van der Waals surface area contributed by atoms with Gasteiger partial charge in [-0.15, -0.1) is 0 Å². The number of carbonyl (C=O) groups excluding carboxylic acids is 1. The molecule has 0 radical (unpaired) electrons. The zero-order valence-corrected chi connectivity index (χ0v) is 13.4. The molecule has 0 unspecified atom stereocenters. The Morgan fingerprint density at radius 1 is 1.16 bits per heavy atom. The molecule has 0 aliphatic carbocycles. The summed E-state index contributed by atoms with van der Waals surface area (Å²) in [5, 5.41) is 21.1. The molecule has 0 saturated carbocycles. The summed E-state index contributed by atoms with van der Waals surface area (Å²) in [7, 11) is 0. The molecule has 0 atom stereocenters. The molecule has 0 aliphatic heterocycles. The zero-order valence-electron chi connectivity index (χ0n) is 13.4. The predicted octanol–water partition coefficient (Wildman–Crippen LogP) is 3.25. The van der Waals surface area contributed by atoms with Gasteiger partial charge in [-0.25, -0.2) is 4.79 Å². The van der Waals surface area contributed by atoms with Crippen LogP contribution in [0.4, 0.5) is 5.69 Å². The van der Waals surface area contributed by atoms with Gasteiger partial charge in [-0.05, 0) is 43.7 Å². The first-order valence-electron chi connectivity index (χ1n) is 7.35. The molecule has 1 heterocycles. The average molecular weight is 339 g/mol. The second-order valence-corrected chi connectivity index (χ2v) is 5.67. The van der Waals surface area contributed by atoms with Crippen LogP contribution in [0.25, 0.3) is 11.0 Å². The number of nitro groups is 1. The van der Waals surface area contributed by atoms with Crippen molar-refractivity contribution in [1.29, 1.82) is 0 Å². The lowest BCUT2D eigenvalue weighted by Gasteiger charge is -2.08. The average Bonchev–Trinajstić information content (AvgIpc) is 2.60. The topological polar surface area (TPSA) is 111 Å². The first-order chi connectivity index (χ1) is 11.8. The molecule has 126 valence electrons. The van der Waals surface area contributed by atoms with E-state index in [0.717, 1.165) is 0 Å². The normalized spacial score (nSPS) is 10.8. The van der Waals surface area contributed by atoms with Crippen molar-refractivity contribution in [3.63, 3.8) is 0 Å². The Bertz CT molecular complexity index is 1080. The minimum Gasteiger partial charge on any atom is -0.507 e. The van der Waals surface area contributed by atoms with Crippen molar-refractivity contribution in [2.45, 2.75) is 13.8 Å². The van der Waals surface area contributed by atoms with Crippen LogP contribution in [0.1, 0.15) is 27.0 Å². The van der Waals surface area contributed by atoms with Crippen LogP contribution >= 0.6 is 0 Å². The van der Waals surface area contributed by atoms with Gasteiger partial charge in [-0.2, -0.15) is 0 Å². The Labute approximate surface area is 141 Å². The third-order valence-corrected chi connectivity index (χ3v) is 4.00. The highest BCUT2D eigenvalue weighted by atomic mass is 16.6. The molecule has 0 spiro atoms. The number of aromatic hydroxyl groups is 1. The van der Waals surface area contributed by atoms with Crippen molar-refractivity contribution in [3.05, 3.63) is 79.2 Å². The van der Waals surface area contributed by atoms with E-state index in [4.69, 9.17) is 4.42 Å². The largest absolute Gasteiger partial charge is 0.507 e. The number of nitrogens with zero attached hydrogens (tertiary/aromatic N) is 1. The highest BCUT2D eigenvalue weighted by molar-refractivity contribution is 6.10. The number of rotatable bonds is 3. The third-order valence-electron chi connectivity index (χ3n) is 4.00. The summed E-state index contributed by atoms with van der Waals surface area (Å²) < 4.78 is 5.22. The number of aryl methyl sites for hydroxylation is 2. The number of hydrogen-bond acceptors (Lipinski definition) is 6. The maximum Gasteiger partial charge on any atom is 0.347 e. The standard InChI is InChI=1S/C18H13NO6/c1-9-7-12-8-14(18(22)25-17(12)10(2)15(9)20)16(21)11-3-5-13(6-4-11)19(23)24/h3-8,20H,1-2H3.